The number of carbonyl (C=O) groups is 1. The molecule has 25 heavy (non-hydrogen) atoms. The second-order valence-corrected chi connectivity index (χ2v) is 6.36. The highest BCUT2D eigenvalue weighted by Crippen LogP contribution is 2.32. The predicted molar refractivity (Wildman–Crippen MR) is 85.9 cm³/mol. The maximum Gasteiger partial charge on any atom is 0.290 e. The Balaban J connectivity index is 1.57. The van der Waals surface area contributed by atoms with E-state index in [-0.39, 0.29) is 23.9 Å². The number of pyridine rings is 1. The Morgan fingerprint density at radius 3 is 3.04 bits per heavy atom. The summed E-state index contributed by atoms with van der Waals surface area (Å²) in [5, 5.41) is 0. The number of hydrogen-bond donors (Lipinski definition) is 0. The third-order valence-electron chi connectivity index (χ3n) is 4.68. The molecule has 0 aromatic carbocycles. The Labute approximate surface area is 144 Å². The van der Waals surface area contributed by atoms with Crippen LogP contribution in [0.25, 0.3) is 0 Å². The molecule has 2 aromatic rings. The summed E-state index contributed by atoms with van der Waals surface area (Å²) in [6.07, 6.45) is 2.40. The number of rotatable bonds is 3. The van der Waals surface area contributed by atoms with Crippen molar-refractivity contribution in [2.45, 2.75) is 38.0 Å². The summed E-state index contributed by atoms with van der Waals surface area (Å²) < 4.78 is 30.9. The van der Waals surface area contributed by atoms with Crippen LogP contribution in [-0.4, -0.2) is 47.2 Å². The largest absolute Gasteiger partial charge is 0.468 e. The van der Waals surface area contributed by atoms with E-state index >= 15 is 0 Å². The van der Waals surface area contributed by atoms with Gasteiger partial charge < -0.3 is 18.8 Å². The zero-order valence-electron chi connectivity index (χ0n) is 13.9. The van der Waals surface area contributed by atoms with Crippen molar-refractivity contribution in [3.05, 3.63) is 47.8 Å². The molecule has 2 aliphatic rings. The first-order valence-corrected chi connectivity index (χ1v) is 8.39. The lowest BCUT2D eigenvalue weighted by molar-refractivity contribution is -0.0464. The number of carbonyl (C=O) groups excluding carboxylic acids is 1. The van der Waals surface area contributed by atoms with Crippen molar-refractivity contribution in [2.24, 2.45) is 0 Å². The Bertz CT molecular complexity index is 778. The third kappa shape index (κ3) is 3.00. The van der Waals surface area contributed by atoms with Crippen LogP contribution in [-0.2, 0) is 4.74 Å². The van der Waals surface area contributed by atoms with Crippen molar-refractivity contribution in [1.29, 1.82) is 0 Å². The molecule has 2 saturated heterocycles. The van der Waals surface area contributed by atoms with Crippen LogP contribution in [0, 0.1) is 12.7 Å². The van der Waals surface area contributed by atoms with E-state index in [1.165, 1.54) is 18.3 Å². The lowest BCUT2D eigenvalue weighted by Crippen LogP contribution is -2.44. The zero-order chi connectivity index (χ0) is 17.4. The molecule has 2 aromatic heterocycles. The van der Waals surface area contributed by atoms with Crippen molar-refractivity contribution >= 4 is 5.91 Å². The highest BCUT2D eigenvalue weighted by atomic mass is 19.1. The van der Waals surface area contributed by atoms with Crippen LogP contribution in [0.2, 0.25) is 0 Å². The van der Waals surface area contributed by atoms with Crippen LogP contribution in [0.1, 0.15) is 29.2 Å². The van der Waals surface area contributed by atoms with Crippen LogP contribution < -0.4 is 4.74 Å². The van der Waals surface area contributed by atoms with Gasteiger partial charge in [0.15, 0.2) is 11.6 Å². The molecule has 7 heteroatoms. The maximum atomic E-state index is 13.9. The van der Waals surface area contributed by atoms with E-state index < -0.39 is 11.9 Å². The number of halogens is 1. The lowest BCUT2D eigenvalue weighted by Gasteiger charge is -2.31. The second-order valence-electron chi connectivity index (χ2n) is 6.36. The molecule has 0 bridgehead atoms. The second kappa shape index (κ2) is 6.48. The number of likely N-dealkylation sites (tertiary alicyclic amines) is 1. The van der Waals surface area contributed by atoms with Crippen LogP contribution in [0.4, 0.5) is 4.39 Å². The smallest absolute Gasteiger partial charge is 0.290 e. The molecular formula is C18H19FN2O4. The number of nitrogens with zero attached hydrogens (tertiary/aromatic N) is 2. The van der Waals surface area contributed by atoms with E-state index in [9.17, 15) is 9.18 Å². The van der Waals surface area contributed by atoms with Crippen LogP contribution >= 0.6 is 0 Å². The summed E-state index contributed by atoms with van der Waals surface area (Å²) in [7, 11) is 0. The van der Waals surface area contributed by atoms with Crippen LogP contribution in [0.5, 0.6) is 5.88 Å². The highest BCUT2D eigenvalue weighted by Gasteiger charge is 2.48. The Hall–Kier alpha value is -2.41. The monoisotopic (exact) mass is 346 g/mol. The van der Waals surface area contributed by atoms with E-state index in [1.807, 2.05) is 0 Å². The Morgan fingerprint density at radius 1 is 1.40 bits per heavy atom. The van der Waals surface area contributed by atoms with E-state index in [0.717, 1.165) is 12.8 Å². The van der Waals surface area contributed by atoms with E-state index in [4.69, 9.17) is 13.9 Å². The molecule has 2 fully saturated rings. The molecule has 0 radical (unpaired) electrons. The van der Waals surface area contributed by atoms with Crippen molar-refractivity contribution in [3.8, 4) is 5.88 Å². The van der Waals surface area contributed by atoms with Crippen LogP contribution in [0.3, 0.4) is 0 Å². The van der Waals surface area contributed by atoms with Gasteiger partial charge >= 0.3 is 0 Å². The van der Waals surface area contributed by atoms with Gasteiger partial charge in [0.1, 0.15) is 18.0 Å². The topological polar surface area (TPSA) is 64.8 Å². The van der Waals surface area contributed by atoms with Crippen molar-refractivity contribution in [3.63, 3.8) is 0 Å². The van der Waals surface area contributed by atoms with E-state index in [1.54, 1.807) is 24.0 Å². The van der Waals surface area contributed by atoms with Gasteiger partial charge in [-0.25, -0.2) is 9.37 Å². The molecule has 0 spiro atoms. The molecule has 3 atom stereocenters. The van der Waals surface area contributed by atoms with Crippen molar-refractivity contribution < 1.29 is 23.1 Å². The van der Waals surface area contributed by atoms with Crippen molar-refractivity contribution in [1.82, 2.24) is 9.88 Å². The van der Waals surface area contributed by atoms with E-state index in [0.29, 0.717) is 24.7 Å². The third-order valence-corrected chi connectivity index (χ3v) is 4.68. The Kier molecular flexibility index (Phi) is 4.17. The molecule has 1 amide bonds. The van der Waals surface area contributed by atoms with Gasteiger partial charge in [-0.05, 0) is 44.0 Å². The normalized spacial score (nSPS) is 25.7. The molecule has 4 rings (SSSR count). The number of fused-ring (bicyclic) bond motifs is 1. The Morgan fingerprint density at radius 2 is 2.28 bits per heavy atom. The average Bonchev–Trinajstić information content (AvgIpc) is 3.21. The fourth-order valence-corrected chi connectivity index (χ4v) is 3.54. The number of aryl methyl sites for hydroxylation is 1. The summed E-state index contributed by atoms with van der Waals surface area (Å²) in [5.41, 5.74) is 0. The maximum absolute atomic E-state index is 13.9. The average molecular weight is 346 g/mol. The SMILES string of the molecule is Cc1ccc(C(=O)N2C[C@@H](Oc3ncccc3F)[C@@H]3OCCC[C@@H]32)o1. The summed E-state index contributed by atoms with van der Waals surface area (Å²) in [6, 6.07) is 6.12. The van der Waals surface area contributed by atoms with Gasteiger partial charge in [-0.15, -0.1) is 0 Å². The minimum absolute atomic E-state index is 0.0661. The molecule has 0 unspecified atom stereocenters. The van der Waals surface area contributed by atoms with Gasteiger partial charge in [-0.2, -0.15) is 0 Å². The van der Waals surface area contributed by atoms with Gasteiger partial charge in [-0.3, -0.25) is 4.79 Å². The first kappa shape index (κ1) is 16.1. The minimum atomic E-state index is -0.527. The van der Waals surface area contributed by atoms with Gasteiger partial charge in [0.25, 0.3) is 11.8 Å². The number of aromatic nitrogens is 1. The quantitative estimate of drug-likeness (QED) is 0.855. The first-order valence-electron chi connectivity index (χ1n) is 8.39. The summed E-state index contributed by atoms with van der Waals surface area (Å²) in [6.45, 7) is 2.71. The van der Waals surface area contributed by atoms with Gasteiger partial charge in [0.05, 0.1) is 12.6 Å². The van der Waals surface area contributed by atoms with E-state index in [2.05, 4.69) is 4.98 Å². The highest BCUT2D eigenvalue weighted by molar-refractivity contribution is 5.92. The van der Waals surface area contributed by atoms with Gasteiger partial charge in [0.2, 0.25) is 0 Å². The van der Waals surface area contributed by atoms with Gasteiger partial charge in [-0.1, -0.05) is 0 Å². The molecule has 6 nitrogen and oxygen atoms in total. The number of ether oxygens (including phenoxy) is 2. The fourth-order valence-electron chi connectivity index (χ4n) is 3.54. The zero-order valence-corrected chi connectivity index (χ0v) is 13.9. The van der Waals surface area contributed by atoms with Crippen molar-refractivity contribution in [2.75, 3.05) is 13.2 Å². The summed E-state index contributed by atoms with van der Waals surface area (Å²) in [5.74, 6) is 0.194. The molecule has 0 saturated carbocycles. The number of furan rings is 1. The fraction of sp³-hybridized carbons (Fsp3) is 0.444. The number of amides is 1. The first-order chi connectivity index (χ1) is 12.1. The minimum Gasteiger partial charge on any atom is -0.468 e. The number of hydrogen-bond acceptors (Lipinski definition) is 5. The van der Waals surface area contributed by atoms with Crippen LogP contribution in [0.15, 0.2) is 34.9 Å². The molecule has 0 aliphatic carbocycles. The van der Waals surface area contributed by atoms with Gasteiger partial charge in [0, 0.05) is 12.8 Å². The summed E-state index contributed by atoms with van der Waals surface area (Å²) in [4.78, 5) is 18.5. The molecule has 0 N–H and O–H groups in total. The lowest BCUT2D eigenvalue weighted by atomic mass is 10.0. The predicted octanol–water partition coefficient (Wildman–Crippen LogP) is 2.57. The molecular weight excluding hydrogens is 327 g/mol. The molecule has 4 heterocycles. The standard InChI is InChI=1S/C18H19FN2O4/c1-11-6-7-14(24-11)18(22)21-10-15(16-13(21)5-3-9-23-16)25-17-12(19)4-2-8-20-17/h2,4,6-8,13,15-16H,3,5,9-10H2,1H3/t13-,15+,16+/m0/s1. The molecule has 132 valence electrons. The summed E-state index contributed by atoms with van der Waals surface area (Å²) >= 11 is 0. The molecule has 2 aliphatic heterocycles.